The zero-order valence-corrected chi connectivity index (χ0v) is 21.5. The molecule has 2 atom stereocenters. The van der Waals surface area contributed by atoms with Crippen molar-refractivity contribution in [3.8, 4) is 5.69 Å². The zero-order valence-electron chi connectivity index (χ0n) is 21.5. The van der Waals surface area contributed by atoms with Crippen molar-refractivity contribution in [2.45, 2.75) is 31.1 Å². The molecule has 220 valence electrons. The third-order valence-corrected chi connectivity index (χ3v) is 7.46. The molecule has 15 heteroatoms. The maximum absolute atomic E-state index is 15.4. The fraction of sp³-hybridized carbons (Fsp3) is 0.423. The van der Waals surface area contributed by atoms with Crippen molar-refractivity contribution in [3.63, 3.8) is 0 Å². The molecule has 2 N–H and O–H groups in total. The molecule has 2 fully saturated rings. The lowest BCUT2D eigenvalue weighted by Crippen LogP contribution is -2.53. The second-order valence-electron chi connectivity index (χ2n) is 10.2. The molecular weight excluding hydrogens is 563 g/mol. The lowest BCUT2D eigenvalue weighted by atomic mass is 10.1. The van der Waals surface area contributed by atoms with Gasteiger partial charge in [0, 0.05) is 43.9 Å². The van der Waals surface area contributed by atoms with Crippen molar-refractivity contribution in [2.24, 2.45) is 5.92 Å². The lowest BCUT2D eigenvalue weighted by molar-refractivity contribution is -0.0671. The fourth-order valence-electron chi connectivity index (χ4n) is 4.95. The summed E-state index contributed by atoms with van der Waals surface area (Å²) in [5, 5.41) is 10.5. The Morgan fingerprint density at radius 2 is 1.78 bits per heavy atom. The molecule has 41 heavy (non-hydrogen) atoms. The molecule has 3 heterocycles. The van der Waals surface area contributed by atoms with Gasteiger partial charge in [-0.05, 0) is 26.0 Å². The molecule has 1 aliphatic carbocycles. The van der Waals surface area contributed by atoms with Crippen molar-refractivity contribution in [1.82, 2.24) is 19.8 Å². The van der Waals surface area contributed by atoms with Crippen molar-refractivity contribution in [1.29, 1.82) is 0 Å². The first-order valence-electron chi connectivity index (χ1n) is 12.6. The van der Waals surface area contributed by atoms with Gasteiger partial charge in [0.1, 0.15) is 17.1 Å². The minimum atomic E-state index is -3.65. The van der Waals surface area contributed by atoms with Crippen molar-refractivity contribution in [2.75, 3.05) is 38.2 Å². The van der Waals surface area contributed by atoms with Crippen molar-refractivity contribution in [3.05, 3.63) is 63.5 Å². The number of rotatable bonds is 7. The number of aliphatic hydroxyl groups excluding tert-OH is 1. The average molecular weight is 587 g/mol. The van der Waals surface area contributed by atoms with Crippen molar-refractivity contribution >= 4 is 22.8 Å². The minimum absolute atomic E-state index is 0.0520. The highest BCUT2D eigenvalue weighted by Gasteiger charge is 2.54. The van der Waals surface area contributed by atoms with E-state index in [1.807, 2.05) is 4.90 Å². The number of nitrogens with zero attached hydrogens (tertiary/aromatic N) is 4. The molecule has 0 spiro atoms. The number of aliphatic hydroxyl groups is 1. The Morgan fingerprint density at radius 1 is 1.12 bits per heavy atom. The van der Waals surface area contributed by atoms with Crippen LogP contribution in [0, 0.1) is 29.2 Å². The fourth-order valence-corrected chi connectivity index (χ4v) is 4.95. The van der Waals surface area contributed by atoms with E-state index in [-0.39, 0.29) is 38.4 Å². The first-order valence-corrected chi connectivity index (χ1v) is 12.6. The summed E-state index contributed by atoms with van der Waals surface area (Å²) in [5.41, 5.74) is -3.86. The molecule has 2 unspecified atom stereocenters. The van der Waals surface area contributed by atoms with Crippen LogP contribution in [-0.4, -0.2) is 77.0 Å². The van der Waals surface area contributed by atoms with Gasteiger partial charge in [0.15, 0.2) is 28.9 Å². The van der Waals surface area contributed by atoms with E-state index in [1.165, 1.54) is 10.2 Å². The number of nitrogens with one attached hydrogen (secondary N) is 1. The number of carbonyl (C=O) groups is 1. The lowest BCUT2D eigenvalue weighted by Gasteiger charge is -2.39. The SMILES string of the molecule is CN1CCN(c2nc3c(cc2F)c(=O)c(C(=O)NC(F)(C(F)F)C2CC2)cn3-c2c(F)cc(F)cc2F)CC1CO. The normalized spacial score (nSPS) is 19.6. The summed E-state index contributed by atoms with van der Waals surface area (Å²) < 4.78 is 102. The molecular formula is C26H24F7N5O3. The number of fused-ring (bicyclic) bond motifs is 1. The molecule has 5 rings (SSSR count). The number of carbonyl (C=O) groups excluding carboxylic acids is 1. The molecule has 1 amide bonds. The number of alkyl halides is 3. The van der Waals surface area contributed by atoms with Crippen LogP contribution in [0.25, 0.3) is 16.7 Å². The number of pyridine rings is 2. The van der Waals surface area contributed by atoms with E-state index in [0.29, 0.717) is 35.5 Å². The highest BCUT2D eigenvalue weighted by Crippen LogP contribution is 2.44. The number of aromatic nitrogens is 2. The Morgan fingerprint density at radius 3 is 2.37 bits per heavy atom. The smallest absolute Gasteiger partial charge is 0.290 e. The third-order valence-electron chi connectivity index (χ3n) is 7.46. The summed E-state index contributed by atoms with van der Waals surface area (Å²) in [6.45, 7) is 0.431. The van der Waals surface area contributed by atoms with Crippen LogP contribution in [0.5, 0.6) is 0 Å². The monoisotopic (exact) mass is 587 g/mol. The zero-order chi connectivity index (χ0) is 29.8. The Labute approximate surface area is 228 Å². The number of benzene rings is 1. The number of likely N-dealkylation sites (N-methyl/N-ethyl adjacent to an activating group) is 1. The van der Waals surface area contributed by atoms with Crippen molar-refractivity contribution < 1.29 is 40.6 Å². The van der Waals surface area contributed by atoms with Crippen LogP contribution in [0.15, 0.2) is 29.2 Å². The molecule has 0 bridgehead atoms. The van der Waals surface area contributed by atoms with Gasteiger partial charge in [-0.25, -0.2) is 35.7 Å². The molecule has 8 nitrogen and oxygen atoms in total. The maximum atomic E-state index is 15.4. The first kappa shape index (κ1) is 28.8. The molecule has 0 radical (unpaired) electrons. The number of piperazine rings is 1. The summed E-state index contributed by atoms with van der Waals surface area (Å²) in [6, 6.07) is 0.878. The standard InChI is InChI=1S/C26H24F7N5O3/c1-36-4-5-37(9-14(36)11-39)23-19(30)8-15-21(40)16(24(41)35-26(33,25(31)32)12-2-3-12)10-38(22(15)34-23)20-17(28)6-13(27)7-18(20)29/h6-8,10,12,14,25,39H,2-5,9,11H2,1H3,(H,35,41). The summed E-state index contributed by atoms with van der Waals surface area (Å²) in [4.78, 5) is 33.7. The van der Waals surface area contributed by atoms with Gasteiger partial charge >= 0.3 is 0 Å². The van der Waals surface area contributed by atoms with Gasteiger partial charge in [0.2, 0.25) is 11.2 Å². The van der Waals surface area contributed by atoms with Crippen LogP contribution in [-0.2, 0) is 0 Å². The van der Waals surface area contributed by atoms with Crippen LogP contribution in [0.3, 0.4) is 0 Å². The number of halogens is 7. The van der Waals surface area contributed by atoms with Gasteiger partial charge < -0.3 is 15.3 Å². The largest absolute Gasteiger partial charge is 0.395 e. The van der Waals surface area contributed by atoms with Crippen LogP contribution in [0.1, 0.15) is 23.2 Å². The van der Waals surface area contributed by atoms with E-state index in [9.17, 15) is 36.6 Å². The van der Waals surface area contributed by atoms with Gasteiger partial charge in [-0.1, -0.05) is 0 Å². The predicted molar refractivity (Wildman–Crippen MR) is 133 cm³/mol. The van der Waals surface area contributed by atoms with Gasteiger partial charge in [-0.2, -0.15) is 0 Å². The topological polar surface area (TPSA) is 90.7 Å². The van der Waals surface area contributed by atoms with Crippen LogP contribution in [0.2, 0.25) is 0 Å². The quantitative estimate of drug-likeness (QED) is 0.326. The van der Waals surface area contributed by atoms with E-state index in [0.717, 1.165) is 0 Å². The van der Waals surface area contributed by atoms with E-state index < -0.39 is 81.1 Å². The van der Waals surface area contributed by atoms with Crippen LogP contribution >= 0.6 is 0 Å². The summed E-state index contributed by atoms with van der Waals surface area (Å²) in [6.07, 6.45) is -2.98. The molecule has 1 aromatic carbocycles. The Bertz CT molecular complexity index is 1550. The van der Waals surface area contributed by atoms with E-state index >= 15 is 8.78 Å². The number of amides is 1. The second kappa shape index (κ2) is 10.6. The second-order valence-corrected chi connectivity index (χ2v) is 10.2. The predicted octanol–water partition coefficient (Wildman–Crippen LogP) is 3.13. The van der Waals surface area contributed by atoms with E-state index in [1.54, 1.807) is 7.05 Å². The Hall–Kier alpha value is -3.72. The Kier molecular flexibility index (Phi) is 7.44. The molecule has 3 aromatic rings. The van der Waals surface area contributed by atoms with Gasteiger partial charge in [0.05, 0.1) is 18.0 Å². The summed E-state index contributed by atoms with van der Waals surface area (Å²) >= 11 is 0. The third kappa shape index (κ3) is 5.12. The summed E-state index contributed by atoms with van der Waals surface area (Å²) in [7, 11) is 1.75. The molecule has 2 aromatic heterocycles. The summed E-state index contributed by atoms with van der Waals surface area (Å²) in [5.74, 6) is -12.0. The van der Waals surface area contributed by atoms with Gasteiger partial charge in [-0.15, -0.1) is 0 Å². The van der Waals surface area contributed by atoms with Crippen LogP contribution in [0.4, 0.5) is 36.6 Å². The minimum Gasteiger partial charge on any atom is -0.395 e. The van der Waals surface area contributed by atoms with Gasteiger partial charge in [0.25, 0.3) is 12.3 Å². The highest BCUT2D eigenvalue weighted by atomic mass is 19.3. The maximum Gasteiger partial charge on any atom is 0.290 e. The van der Waals surface area contributed by atoms with E-state index in [4.69, 9.17) is 0 Å². The number of hydrogen-bond acceptors (Lipinski definition) is 6. The molecule has 2 aliphatic rings. The number of anilines is 1. The average Bonchev–Trinajstić information content (AvgIpc) is 3.75. The number of hydrogen-bond donors (Lipinski definition) is 2. The van der Waals surface area contributed by atoms with E-state index in [2.05, 4.69) is 4.98 Å². The molecule has 1 saturated carbocycles. The van der Waals surface area contributed by atoms with Gasteiger partial charge in [-0.3, -0.25) is 19.1 Å². The molecule has 1 aliphatic heterocycles. The highest BCUT2D eigenvalue weighted by molar-refractivity contribution is 5.97. The van der Waals surface area contributed by atoms with Crippen LogP contribution < -0.4 is 15.6 Å². The first-order chi connectivity index (χ1) is 19.3. The molecule has 1 saturated heterocycles. The Balaban J connectivity index is 1.71.